The summed E-state index contributed by atoms with van der Waals surface area (Å²) in [5, 5.41) is 3.90. The van der Waals surface area contributed by atoms with E-state index in [1.807, 2.05) is 0 Å². The van der Waals surface area contributed by atoms with Crippen LogP contribution in [0.15, 0.2) is 27.6 Å². The smallest absolute Gasteiger partial charge is 0.237 e. The molecule has 1 aromatic carbocycles. The van der Waals surface area contributed by atoms with E-state index in [1.165, 1.54) is 23.9 Å². The molecule has 0 radical (unpaired) electrons. The van der Waals surface area contributed by atoms with E-state index in [1.54, 1.807) is 6.07 Å². The molecule has 2 N–H and O–H groups in total. The number of thioether (sulfide) groups is 1. The molecule has 2 rings (SSSR count). The summed E-state index contributed by atoms with van der Waals surface area (Å²) in [7, 11) is 0. The first-order valence-electron chi connectivity index (χ1n) is 6.18. The Balaban J connectivity index is 1.94. The van der Waals surface area contributed by atoms with Gasteiger partial charge < -0.3 is 10.3 Å². The minimum atomic E-state index is -0.300. The van der Waals surface area contributed by atoms with Crippen LogP contribution in [0, 0.1) is 5.82 Å². The van der Waals surface area contributed by atoms with E-state index < -0.39 is 0 Å². The largest absolute Gasteiger partial charge is 0.398 e. The molecule has 0 bridgehead atoms. The number of hydrogen-bond acceptors (Lipinski definition) is 5. The number of halogens is 1. The van der Waals surface area contributed by atoms with Gasteiger partial charge in [-0.1, -0.05) is 18.5 Å². The highest BCUT2D eigenvalue weighted by atomic mass is 32.2. The van der Waals surface area contributed by atoms with E-state index >= 15 is 0 Å². The molecule has 0 atom stereocenters. The van der Waals surface area contributed by atoms with E-state index in [4.69, 9.17) is 10.3 Å². The average molecular weight is 281 g/mol. The second kappa shape index (κ2) is 6.56. The molecule has 2 aromatic rings. The van der Waals surface area contributed by atoms with Crippen LogP contribution < -0.4 is 5.73 Å². The van der Waals surface area contributed by atoms with Crippen LogP contribution in [0.3, 0.4) is 0 Å². The second-order valence-corrected chi connectivity index (χ2v) is 5.20. The molecule has 102 valence electrons. The fourth-order valence-corrected chi connectivity index (χ4v) is 2.38. The number of benzene rings is 1. The zero-order valence-electron chi connectivity index (χ0n) is 10.7. The molecule has 0 saturated carbocycles. The molecule has 4 nitrogen and oxygen atoms in total. The number of aromatic nitrogens is 2. The van der Waals surface area contributed by atoms with Gasteiger partial charge in [0.25, 0.3) is 0 Å². The second-order valence-electron chi connectivity index (χ2n) is 4.18. The predicted octanol–water partition coefficient (Wildman–Crippen LogP) is 3.43. The van der Waals surface area contributed by atoms with Gasteiger partial charge in [0, 0.05) is 17.0 Å². The lowest BCUT2D eigenvalue weighted by atomic mass is 10.2. The molecule has 1 heterocycles. The van der Waals surface area contributed by atoms with Gasteiger partial charge in [0.2, 0.25) is 5.89 Å². The lowest BCUT2D eigenvalue weighted by Crippen LogP contribution is -1.91. The fourth-order valence-electron chi connectivity index (χ4n) is 1.56. The number of rotatable bonds is 6. The molecule has 19 heavy (non-hydrogen) atoms. The summed E-state index contributed by atoms with van der Waals surface area (Å²) in [4.78, 5) is 4.97. The Kier molecular flexibility index (Phi) is 4.79. The Morgan fingerprint density at radius 1 is 1.42 bits per heavy atom. The highest BCUT2D eigenvalue weighted by Crippen LogP contribution is 2.28. The molecule has 0 aliphatic heterocycles. The number of nitrogens with two attached hydrogens (primary N) is 1. The van der Waals surface area contributed by atoms with Crippen molar-refractivity contribution in [3.05, 3.63) is 35.7 Å². The third kappa shape index (κ3) is 3.96. The first-order chi connectivity index (χ1) is 9.19. The first-order valence-corrected chi connectivity index (χ1v) is 7.17. The van der Waals surface area contributed by atoms with Crippen LogP contribution in [-0.2, 0) is 12.2 Å². The normalized spacial score (nSPS) is 10.8. The molecule has 0 unspecified atom stereocenters. The van der Waals surface area contributed by atoms with E-state index in [2.05, 4.69) is 17.1 Å². The Hall–Kier alpha value is -1.56. The van der Waals surface area contributed by atoms with Crippen LogP contribution in [0.1, 0.15) is 31.5 Å². The van der Waals surface area contributed by atoms with Gasteiger partial charge in [-0.25, -0.2) is 4.39 Å². The van der Waals surface area contributed by atoms with E-state index in [0.29, 0.717) is 22.2 Å². The summed E-state index contributed by atoms with van der Waals surface area (Å²) in [6.45, 7) is 2.11. The molecule has 1 aromatic heterocycles. The van der Waals surface area contributed by atoms with Gasteiger partial charge in [-0.05, 0) is 24.6 Å². The van der Waals surface area contributed by atoms with E-state index in [9.17, 15) is 4.39 Å². The molecule has 0 aliphatic rings. The van der Waals surface area contributed by atoms with Crippen molar-refractivity contribution in [1.29, 1.82) is 0 Å². The number of anilines is 1. The Labute approximate surface area is 115 Å². The van der Waals surface area contributed by atoms with Crippen molar-refractivity contribution < 1.29 is 8.91 Å². The van der Waals surface area contributed by atoms with E-state index in [-0.39, 0.29) is 5.82 Å². The third-order valence-electron chi connectivity index (χ3n) is 2.59. The Morgan fingerprint density at radius 2 is 2.26 bits per heavy atom. The Bertz CT molecular complexity index is 544. The molecule has 0 fully saturated rings. The summed E-state index contributed by atoms with van der Waals surface area (Å²) in [6.07, 6.45) is 2.97. The topological polar surface area (TPSA) is 64.9 Å². The number of unbranched alkanes of at least 4 members (excludes halogenated alkanes) is 1. The third-order valence-corrected chi connectivity index (χ3v) is 3.65. The predicted molar refractivity (Wildman–Crippen MR) is 73.3 cm³/mol. The maximum Gasteiger partial charge on any atom is 0.237 e. The average Bonchev–Trinajstić information content (AvgIpc) is 2.85. The van der Waals surface area contributed by atoms with Crippen LogP contribution in [-0.4, -0.2) is 10.1 Å². The van der Waals surface area contributed by atoms with Crippen LogP contribution in [0.4, 0.5) is 10.1 Å². The van der Waals surface area contributed by atoms with Crippen molar-refractivity contribution >= 4 is 17.4 Å². The van der Waals surface area contributed by atoms with E-state index in [0.717, 1.165) is 25.1 Å². The van der Waals surface area contributed by atoms with Crippen molar-refractivity contribution in [3.63, 3.8) is 0 Å². The van der Waals surface area contributed by atoms with Gasteiger partial charge in [0.15, 0.2) is 5.82 Å². The minimum absolute atomic E-state index is 0.300. The van der Waals surface area contributed by atoms with Crippen molar-refractivity contribution in [1.82, 2.24) is 10.1 Å². The monoisotopic (exact) mass is 281 g/mol. The van der Waals surface area contributed by atoms with Gasteiger partial charge >= 0.3 is 0 Å². The van der Waals surface area contributed by atoms with Crippen LogP contribution >= 0.6 is 11.8 Å². The molecular formula is C13H16FN3OS. The zero-order valence-corrected chi connectivity index (χ0v) is 11.5. The highest BCUT2D eigenvalue weighted by Gasteiger charge is 2.08. The number of nitrogen functional groups attached to an aromatic ring is 1. The number of aryl methyl sites for hydroxylation is 1. The molecular weight excluding hydrogens is 265 g/mol. The van der Waals surface area contributed by atoms with Crippen LogP contribution in [0.5, 0.6) is 0 Å². The van der Waals surface area contributed by atoms with Gasteiger partial charge in [-0.3, -0.25) is 0 Å². The number of nitrogens with zero attached hydrogens (tertiary/aromatic N) is 2. The van der Waals surface area contributed by atoms with Crippen LogP contribution in [0.2, 0.25) is 0 Å². The SMILES string of the molecule is CCCCc1noc(CSc2cc(F)ccc2N)n1. The first kappa shape index (κ1) is 13.9. The number of hydrogen-bond donors (Lipinski definition) is 1. The summed E-state index contributed by atoms with van der Waals surface area (Å²) in [5.74, 6) is 1.46. The van der Waals surface area contributed by atoms with Crippen molar-refractivity contribution in [2.75, 3.05) is 5.73 Å². The summed E-state index contributed by atoms with van der Waals surface area (Å²) in [6, 6.07) is 4.31. The highest BCUT2D eigenvalue weighted by molar-refractivity contribution is 7.98. The van der Waals surface area contributed by atoms with Crippen molar-refractivity contribution in [3.8, 4) is 0 Å². The van der Waals surface area contributed by atoms with Gasteiger partial charge in [-0.15, -0.1) is 11.8 Å². The molecule has 0 saturated heterocycles. The van der Waals surface area contributed by atoms with Crippen LogP contribution in [0.25, 0.3) is 0 Å². The fraction of sp³-hybridized carbons (Fsp3) is 0.385. The van der Waals surface area contributed by atoms with Gasteiger partial charge in [0.1, 0.15) is 5.82 Å². The molecule has 0 spiro atoms. The van der Waals surface area contributed by atoms with Crippen molar-refractivity contribution in [2.24, 2.45) is 0 Å². The Morgan fingerprint density at radius 3 is 3.05 bits per heavy atom. The lowest BCUT2D eigenvalue weighted by molar-refractivity contribution is 0.384. The van der Waals surface area contributed by atoms with Crippen molar-refractivity contribution in [2.45, 2.75) is 36.8 Å². The summed E-state index contributed by atoms with van der Waals surface area (Å²) >= 11 is 1.39. The quantitative estimate of drug-likeness (QED) is 0.649. The molecule has 6 heteroatoms. The molecule has 0 aliphatic carbocycles. The minimum Gasteiger partial charge on any atom is -0.398 e. The van der Waals surface area contributed by atoms with Gasteiger partial charge in [0.05, 0.1) is 5.75 Å². The summed E-state index contributed by atoms with van der Waals surface area (Å²) < 4.78 is 18.2. The standard InChI is InChI=1S/C13H16FN3OS/c1-2-3-4-12-16-13(18-17-12)8-19-11-7-9(14)5-6-10(11)15/h5-7H,2-4,8,15H2,1H3. The van der Waals surface area contributed by atoms with Gasteiger partial charge in [-0.2, -0.15) is 4.98 Å². The molecule has 0 amide bonds. The lowest BCUT2D eigenvalue weighted by Gasteiger charge is -2.02. The summed E-state index contributed by atoms with van der Waals surface area (Å²) in [5.41, 5.74) is 6.32. The maximum atomic E-state index is 13.1. The maximum absolute atomic E-state index is 13.1. The zero-order chi connectivity index (χ0) is 13.7.